The van der Waals surface area contributed by atoms with Gasteiger partial charge in [-0.05, 0) is 22.3 Å². The molecule has 3 aliphatic carbocycles. The molecule has 1 aliphatic heterocycles. The Morgan fingerprint density at radius 3 is 1.83 bits per heavy atom. The Kier molecular flexibility index (Phi) is 4.11. The lowest BCUT2D eigenvalue weighted by Crippen LogP contribution is -2.41. The zero-order valence-corrected chi connectivity index (χ0v) is 18.9. The Bertz CT molecular complexity index is 1470. The van der Waals surface area contributed by atoms with E-state index in [9.17, 15) is 19.7 Å². The summed E-state index contributed by atoms with van der Waals surface area (Å²) >= 11 is 1.09. The molecule has 2 unspecified atom stereocenters. The molecule has 0 N–H and O–H groups in total. The van der Waals surface area contributed by atoms with Gasteiger partial charge in [0, 0.05) is 29.5 Å². The summed E-state index contributed by atoms with van der Waals surface area (Å²) in [6.07, 6.45) is 0. The van der Waals surface area contributed by atoms with E-state index in [-0.39, 0.29) is 34.5 Å². The number of nitro benzene ring substituents is 1. The fourth-order valence-electron chi connectivity index (χ4n) is 6.04. The van der Waals surface area contributed by atoms with E-state index in [0.717, 1.165) is 33.6 Å². The molecule has 0 saturated carbocycles. The van der Waals surface area contributed by atoms with Gasteiger partial charge in [0.15, 0.2) is 0 Å². The minimum absolute atomic E-state index is 0.0642. The zero-order chi connectivity index (χ0) is 23.8. The zero-order valence-electron chi connectivity index (χ0n) is 18.1. The van der Waals surface area contributed by atoms with Crippen LogP contribution in [0.4, 0.5) is 10.8 Å². The summed E-state index contributed by atoms with van der Waals surface area (Å²) in [5.74, 6) is -1.91. The Morgan fingerprint density at radius 2 is 1.31 bits per heavy atom. The van der Waals surface area contributed by atoms with Crippen LogP contribution in [0.5, 0.6) is 0 Å². The number of benzene rings is 3. The fourth-order valence-corrected chi connectivity index (χ4v) is 6.89. The molecule has 2 bridgehead atoms. The van der Waals surface area contributed by atoms with E-state index in [1.54, 1.807) is 12.1 Å². The third-order valence-electron chi connectivity index (χ3n) is 7.36. The third-order valence-corrected chi connectivity index (χ3v) is 8.32. The summed E-state index contributed by atoms with van der Waals surface area (Å²) in [7, 11) is 0. The SMILES string of the molecule is O=C1C2C3c4ccccc4C(c4ccccc43)C2C(=O)N1c1nnc(-c2cccc([N+](=O)[O-])c2)s1. The van der Waals surface area contributed by atoms with Crippen molar-refractivity contribution in [2.24, 2.45) is 11.8 Å². The van der Waals surface area contributed by atoms with E-state index in [4.69, 9.17) is 0 Å². The average molecular weight is 481 g/mol. The highest BCUT2D eigenvalue weighted by Gasteiger charge is 2.62. The Hall–Kier alpha value is -4.24. The highest BCUT2D eigenvalue weighted by atomic mass is 32.1. The summed E-state index contributed by atoms with van der Waals surface area (Å²) < 4.78 is 0. The van der Waals surface area contributed by atoms with E-state index in [0.29, 0.717) is 10.6 Å². The van der Waals surface area contributed by atoms with Crippen molar-refractivity contribution >= 4 is 34.0 Å². The minimum atomic E-state index is -0.498. The van der Waals surface area contributed by atoms with Crippen molar-refractivity contribution in [3.05, 3.63) is 105 Å². The van der Waals surface area contributed by atoms with Gasteiger partial charge in [0.25, 0.3) is 5.69 Å². The third kappa shape index (κ3) is 2.67. The van der Waals surface area contributed by atoms with Crippen molar-refractivity contribution in [2.45, 2.75) is 11.8 Å². The van der Waals surface area contributed by atoms with Crippen molar-refractivity contribution in [1.29, 1.82) is 0 Å². The molecule has 35 heavy (non-hydrogen) atoms. The molecule has 8 nitrogen and oxygen atoms in total. The van der Waals surface area contributed by atoms with Gasteiger partial charge in [-0.25, -0.2) is 4.90 Å². The summed E-state index contributed by atoms with van der Waals surface area (Å²) in [4.78, 5) is 39.5. The molecule has 4 aromatic rings. The van der Waals surface area contributed by atoms with Crippen molar-refractivity contribution in [1.82, 2.24) is 10.2 Å². The average Bonchev–Trinajstić information content (AvgIpc) is 3.47. The molecule has 170 valence electrons. The van der Waals surface area contributed by atoms with Gasteiger partial charge < -0.3 is 0 Å². The monoisotopic (exact) mass is 480 g/mol. The molecular weight excluding hydrogens is 464 g/mol. The molecule has 8 rings (SSSR count). The standard InChI is InChI=1S/C26H16N4O4S/c31-24-21-19-15-8-1-2-9-16(15)20(18-11-4-3-10-17(18)19)22(21)25(32)29(24)26-28-27-23(35-26)13-6-5-7-14(12-13)30(33)34/h1-12,19-22H. The number of imide groups is 1. The van der Waals surface area contributed by atoms with E-state index >= 15 is 0 Å². The number of anilines is 1. The largest absolute Gasteiger partial charge is 0.274 e. The second kappa shape index (κ2) is 7.13. The molecule has 9 heteroatoms. The van der Waals surface area contributed by atoms with Gasteiger partial charge in [-0.3, -0.25) is 19.7 Å². The maximum absolute atomic E-state index is 13.8. The topological polar surface area (TPSA) is 106 Å². The summed E-state index contributed by atoms with van der Waals surface area (Å²) in [6, 6.07) is 22.2. The molecule has 3 aromatic carbocycles. The second-order valence-corrected chi connectivity index (χ2v) is 9.93. The van der Waals surface area contributed by atoms with Gasteiger partial charge in [-0.15, -0.1) is 10.2 Å². The molecule has 2 amide bonds. The molecule has 2 heterocycles. The number of carbonyl (C=O) groups is 2. The van der Waals surface area contributed by atoms with Crippen LogP contribution >= 0.6 is 11.3 Å². The first kappa shape index (κ1) is 20.2. The molecule has 0 spiro atoms. The van der Waals surface area contributed by atoms with Crippen LogP contribution in [0.2, 0.25) is 0 Å². The highest BCUT2D eigenvalue weighted by Crippen LogP contribution is 2.61. The number of nitro groups is 1. The fraction of sp³-hybridized carbons (Fsp3) is 0.154. The predicted molar refractivity (Wildman–Crippen MR) is 128 cm³/mol. The number of rotatable bonds is 3. The van der Waals surface area contributed by atoms with Crippen LogP contribution in [0.1, 0.15) is 34.1 Å². The van der Waals surface area contributed by atoms with Crippen LogP contribution in [-0.2, 0) is 9.59 Å². The number of carbonyl (C=O) groups excluding carboxylic acids is 2. The van der Waals surface area contributed by atoms with Gasteiger partial charge in [0.2, 0.25) is 16.9 Å². The lowest BCUT2D eigenvalue weighted by Gasteiger charge is -2.45. The minimum Gasteiger partial charge on any atom is -0.274 e. The Morgan fingerprint density at radius 1 is 0.771 bits per heavy atom. The molecular formula is C26H16N4O4S. The van der Waals surface area contributed by atoms with E-state index in [1.807, 2.05) is 24.3 Å². The van der Waals surface area contributed by atoms with Crippen LogP contribution in [0.15, 0.2) is 72.8 Å². The molecule has 2 atom stereocenters. The lowest BCUT2D eigenvalue weighted by molar-refractivity contribution is -0.384. The summed E-state index contributed by atoms with van der Waals surface area (Å²) in [6.45, 7) is 0. The number of non-ortho nitro benzene ring substituents is 1. The van der Waals surface area contributed by atoms with Gasteiger partial charge in [-0.2, -0.15) is 0 Å². The van der Waals surface area contributed by atoms with E-state index in [2.05, 4.69) is 34.5 Å². The van der Waals surface area contributed by atoms with Gasteiger partial charge in [-0.1, -0.05) is 72.0 Å². The Balaban J connectivity index is 1.32. The number of nitrogens with zero attached hydrogens (tertiary/aromatic N) is 4. The maximum Gasteiger partial charge on any atom is 0.270 e. The lowest BCUT2D eigenvalue weighted by atomic mass is 9.55. The predicted octanol–water partition coefficient (Wildman–Crippen LogP) is 4.51. The van der Waals surface area contributed by atoms with Gasteiger partial charge in [0.1, 0.15) is 5.01 Å². The number of amides is 2. The quantitative estimate of drug-likeness (QED) is 0.243. The van der Waals surface area contributed by atoms with Crippen molar-refractivity contribution < 1.29 is 14.5 Å². The number of hydrogen-bond donors (Lipinski definition) is 0. The smallest absolute Gasteiger partial charge is 0.270 e. The summed E-state index contributed by atoms with van der Waals surface area (Å²) in [5, 5.41) is 20.1. The van der Waals surface area contributed by atoms with Crippen molar-refractivity contribution in [3.8, 4) is 10.6 Å². The van der Waals surface area contributed by atoms with Crippen molar-refractivity contribution in [2.75, 3.05) is 4.90 Å². The van der Waals surface area contributed by atoms with E-state index < -0.39 is 16.8 Å². The van der Waals surface area contributed by atoms with Crippen LogP contribution < -0.4 is 4.90 Å². The molecule has 4 aliphatic rings. The first-order valence-electron chi connectivity index (χ1n) is 11.2. The normalized spacial score (nSPS) is 23.7. The number of aromatic nitrogens is 2. The molecule has 1 fully saturated rings. The second-order valence-electron chi connectivity index (χ2n) is 8.97. The molecule has 1 aromatic heterocycles. The van der Waals surface area contributed by atoms with Crippen LogP contribution in [0.25, 0.3) is 10.6 Å². The number of hydrogen-bond acceptors (Lipinski definition) is 7. The van der Waals surface area contributed by atoms with E-state index in [1.165, 1.54) is 17.0 Å². The molecule has 0 radical (unpaired) electrons. The van der Waals surface area contributed by atoms with Crippen LogP contribution in [0.3, 0.4) is 0 Å². The van der Waals surface area contributed by atoms with Gasteiger partial charge in [0.05, 0.1) is 16.8 Å². The first-order valence-corrected chi connectivity index (χ1v) is 12.0. The van der Waals surface area contributed by atoms with Crippen LogP contribution in [-0.4, -0.2) is 26.9 Å². The summed E-state index contributed by atoms with van der Waals surface area (Å²) in [5.41, 5.74) is 4.88. The molecule has 1 saturated heterocycles. The van der Waals surface area contributed by atoms with Crippen LogP contribution in [0, 0.1) is 22.0 Å². The van der Waals surface area contributed by atoms with Crippen molar-refractivity contribution in [3.63, 3.8) is 0 Å². The highest BCUT2D eigenvalue weighted by molar-refractivity contribution is 7.18. The Labute approximate surface area is 203 Å². The first-order chi connectivity index (χ1) is 17.0. The maximum atomic E-state index is 13.8. The van der Waals surface area contributed by atoms with Gasteiger partial charge >= 0.3 is 0 Å².